The number of halogens is 3. The number of alkyl halides is 2. The van der Waals surface area contributed by atoms with Gasteiger partial charge in [0.05, 0.1) is 5.56 Å². The number of phenolic OH excluding ortho intramolecular Hbond substituents is 1. The van der Waals surface area contributed by atoms with Gasteiger partial charge in [0.1, 0.15) is 5.75 Å². The predicted octanol–water partition coefficient (Wildman–Crippen LogP) is 3.14. The minimum absolute atomic E-state index is 0.257. The van der Waals surface area contributed by atoms with Crippen LogP contribution in [0.25, 0.3) is 0 Å². The van der Waals surface area contributed by atoms with Crippen molar-refractivity contribution in [1.29, 1.82) is 0 Å². The minimum Gasteiger partial charge on any atom is -0.507 e. The van der Waals surface area contributed by atoms with Gasteiger partial charge >= 0.3 is 0 Å². The number of hydrogen-bond donors (Lipinski definition) is 1. The maximum absolute atomic E-state index is 12.3. The van der Waals surface area contributed by atoms with E-state index in [0.717, 1.165) is 12.1 Å². The van der Waals surface area contributed by atoms with E-state index in [1.54, 1.807) is 22.6 Å². The molecule has 0 heterocycles. The van der Waals surface area contributed by atoms with Crippen molar-refractivity contribution < 1.29 is 18.7 Å². The van der Waals surface area contributed by atoms with Gasteiger partial charge in [0.15, 0.2) is 5.78 Å². The molecule has 2 nitrogen and oxygen atoms in total. The Hall–Kier alpha value is -0.720. The Bertz CT molecular complexity index is 377. The van der Waals surface area contributed by atoms with Crippen LogP contribution in [0.5, 0.6) is 5.75 Å². The van der Waals surface area contributed by atoms with E-state index in [0.29, 0.717) is 3.57 Å². The lowest BCUT2D eigenvalue weighted by Gasteiger charge is -2.07. The van der Waals surface area contributed by atoms with E-state index in [4.69, 9.17) is 0 Å². The third kappa shape index (κ3) is 2.20. The fourth-order valence-electron chi connectivity index (χ4n) is 1.02. The lowest BCUT2D eigenvalue weighted by molar-refractivity contribution is 0.101. The molecule has 5 heteroatoms. The van der Waals surface area contributed by atoms with Crippen LogP contribution in [-0.2, 0) is 0 Å². The first-order valence-corrected chi connectivity index (χ1v) is 4.83. The van der Waals surface area contributed by atoms with Gasteiger partial charge in [-0.25, -0.2) is 8.78 Å². The highest BCUT2D eigenvalue weighted by Crippen LogP contribution is 2.31. The van der Waals surface area contributed by atoms with E-state index in [9.17, 15) is 18.7 Å². The lowest BCUT2D eigenvalue weighted by Crippen LogP contribution is -1.98. The quantitative estimate of drug-likeness (QED) is 0.673. The van der Waals surface area contributed by atoms with Crippen LogP contribution in [0.3, 0.4) is 0 Å². The molecule has 0 fully saturated rings. The van der Waals surface area contributed by atoms with E-state index in [1.807, 2.05) is 0 Å². The Labute approximate surface area is 93.1 Å². The molecule has 0 atom stereocenters. The number of phenols is 1. The van der Waals surface area contributed by atoms with Gasteiger partial charge in [-0.15, -0.1) is 0 Å². The molecule has 0 spiro atoms. The van der Waals surface area contributed by atoms with Gasteiger partial charge in [-0.1, -0.05) is 0 Å². The summed E-state index contributed by atoms with van der Waals surface area (Å²) in [6, 6.07) is 2.20. The molecule has 1 rings (SSSR count). The number of rotatable bonds is 2. The topological polar surface area (TPSA) is 37.3 Å². The van der Waals surface area contributed by atoms with Crippen molar-refractivity contribution in [1.82, 2.24) is 0 Å². The molecule has 14 heavy (non-hydrogen) atoms. The Morgan fingerprint density at radius 2 is 2.07 bits per heavy atom. The second-order valence-electron chi connectivity index (χ2n) is 2.75. The van der Waals surface area contributed by atoms with Crippen LogP contribution in [0.1, 0.15) is 29.3 Å². The number of carbonyl (C=O) groups is 1. The molecule has 76 valence electrons. The molecule has 1 aromatic carbocycles. The van der Waals surface area contributed by atoms with Crippen LogP contribution < -0.4 is 0 Å². The van der Waals surface area contributed by atoms with Crippen LogP contribution >= 0.6 is 22.6 Å². The van der Waals surface area contributed by atoms with Crippen molar-refractivity contribution >= 4 is 28.4 Å². The number of Topliss-reactive ketones (excluding diaryl/α,β-unsaturated/α-hetero) is 1. The molecule has 0 aliphatic rings. The minimum atomic E-state index is -2.73. The summed E-state index contributed by atoms with van der Waals surface area (Å²) in [7, 11) is 0. The molecule has 1 aromatic rings. The number of benzene rings is 1. The van der Waals surface area contributed by atoms with E-state index < -0.39 is 17.7 Å². The molecule has 0 saturated carbocycles. The van der Waals surface area contributed by atoms with Crippen LogP contribution in [0.2, 0.25) is 0 Å². The van der Waals surface area contributed by atoms with Crippen molar-refractivity contribution in [2.24, 2.45) is 0 Å². The van der Waals surface area contributed by atoms with Crippen LogP contribution in [0.15, 0.2) is 12.1 Å². The monoisotopic (exact) mass is 312 g/mol. The van der Waals surface area contributed by atoms with Crippen molar-refractivity contribution in [2.75, 3.05) is 0 Å². The Morgan fingerprint density at radius 1 is 1.50 bits per heavy atom. The number of hydrogen-bond acceptors (Lipinski definition) is 2. The normalized spacial score (nSPS) is 10.6. The zero-order valence-electron chi connectivity index (χ0n) is 7.22. The molecule has 0 saturated heterocycles. The highest BCUT2D eigenvalue weighted by molar-refractivity contribution is 14.1. The summed E-state index contributed by atoms with van der Waals surface area (Å²) < 4.78 is 25.0. The summed E-state index contributed by atoms with van der Waals surface area (Å²) in [5, 5.41) is 9.20. The molecular weight excluding hydrogens is 305 g/mol. The van der Waals surface area contributed by atoms with Gasteiger partial charge in [-0.3, -0.25) is 4.79 Å². The summed E-state index contributed by atoms with van der Waals surface area (Å²) in [4.78, 5) is 11.0. The summed E-state index contributed by atoms with van der Waals surface area (Å²) in [5.74, 6) is -0.795. The van der Waals surface area contributed by atoms with Gasteiger partial charge in [0.2, 0.25) is 0 Å². The zero-order chi connectivity index (χ0) is 10.9. The standard InChI is InChI=1S/C9H7F2IO2/c1-4(13)5-3-8(14)6(9(10)11)2-7(5)12/h2-3,9,14H,1H3. The molecule has 0 aliphatic heterocycles. The Kier molecular flexibility index (Phi) is 3.41. The van der Waals surface area contributed by atoms with Gasteiger partial charge in [-0.2, -0.15) is 0 Å². The summed E-state index contributed by atoms with van der Waals surface area (Å²) in [6.07, 6.45) is -2.73. The molecule has 0 bridgehead atoms. The first-order chi connectivity index (χ1) is 6.43. The fourth-order valence-corrected chi connectivity index (χ4v) is 1.89. The van der Waals surface area contributed by atoms with Gasteiger partial charge in [0.25, 0.3) is 6.43 Å². The van der Waals surface area contributed by atoms with E-state index >= 15 is 0 Å². The SMILES string of the molecule is CC(=O)c1cc(O)c(C(F)F)cc1I. The zero-order valence-corrected chi connectivity index (χ0v) is 9.38. The molecule has 1 N–H and O–H groups in total. The van der Waals surface area contributed by atoms with Crippen LogP contribution in [0.4, 0.5) is 8.78 Å². The second kappa shape index (κ2) is 4.20. The first-order valence-electron chi connectivity index (χ1n) is 3.75. The second-order valence-corrected chi connectivity index (χ2v) is 3.91. The summed E-state index contributed by atoms with van der Waals surface area (Å²) >= 11 is 1.79. The van der Waals surface area contributed by atoms with Crippen molar-refractivity contribution in [3.05, 3.63) is 26.8 Å². The van der Waals surface area contributed by atoms with Gasteiger partial charge in [0, 0.05) is 9.13 Å². The van der Waals surface area contributed by atoms with Crippen molar-refractivity contribution in [3.8, 4) is 5.75 Å². The van der Waals surface area contributed by atoms with E-state index in [-0.39, 0.29) is 11.3 Å². The highest BCUT2D eigenvalue weighted by atomic mass is 127. The Balaban J connectivity index is 3.31. The molecule has 0 aliphatic carbocycles. The molecule has 0 aromatic heterocycles. The fraction of sp³-hybridized carbons (Fsp3) is 0.222. The number of carbonyl (C=O) groups excluding carboxylic acids is 1. The average molecular weight is 312 g/mol. The van der Waals surface area contributed by atoms with Gasteiger partial charge < -0.3 is 5.11 Å². The lowest BCUT2D eigenvalue weighted by atomic mass is 10.1. The average Bonchev–Trinajstić information content (AvgIpc) is 2.07. The summed E-state index contributed by atoms with van der Waals surface area (Å²) in [5.41, 5.74) is -0.188. The maximum Gasteiger partial charge on any atom is 0.267 e. The molecule has 0 unspecified atom stereocenters. The van der Waals surface area contributed by atoms with Crippen molar-refractivity contribution in [2.45, 2.75) is 13.3 Å². The third-order valence-corrected chi connectivity index (χ3v) is 2.62. The summed E-state index contributed by atoms with van der Waals surface area (Å²) in [6.45, 7) is 1.32. The van der Waals surface area contributed by atoms with E-state index in [2.05, 4.69) is 0 Å². The van der Waals surface area contributed by atoms with Crippen molar-refractivity contribution in [3.63, 3.8) is 0 Å². The molecule has 0 radical (unpaired) electrons. The Morgan fingerprint density at radius 3 is 2.50 bits per heavy atom. The van der Waals surface area contributed by atoms with Crippen LogP contribution in [-0.4, -0.2) is 10.9 Å². The van der Waals surface area contributed by atoms with Gasteiger partial charge in [-0.05, 0) is 41.6 Å². The molecule has 0 amide bonds. The maximum atomic E-state index is 12.3. The molecular formula is C9H7F2IO2. The van der Waals surface area contributed by atoms with E-state index in [1.165, 1.54) is 6.92 Å². The third-order valence-electron chi connectivity index (χ3n) is 1.73. The highest BCUT2D eigenvalue weighted by Gasteiger charge is 2.16. The number of aromatic hydroxyl groups is 1. The van der Waals surface area contributed by atoms with Crippen LogP contribution in [0, 0.1) is 3.57 Å². The first kappa shape index (κ1) is 11.4. The predicted molar refractivity (Wildman–Crippen MR) is 55.8 cm³/mol. The largest absolute Gasteiger partial charge is 0.507 e. The number of ketones is 1. The smallest absolute Gasteiger partial charge is 0.267 e.